The van der Waals surface area contributed by atoms with E-state index >= 15 is 0 Å². The number of benzene rings is 1. The normalized spacial score (nSPS) is 40.8. The first-order valence-corrected chi connectivity index (χ1v) is 9.70. The van der Waals surface area contributed by atoms with Crippen LogP contribution in [0.3, 0.4) is 0 Å². The van der Waals surface area contributed by atoms with Gasteiger partial charge < -0.3 is 24.6 Å². The van der Waals surface area contributed by atoms with E-state index in [1.807, 2.05) is 32.0 Å². The zero-order chi connectivity index (χ0) is 16.8. The number of aliphatic hydroxyl groups excluding tert-OH is 1. The molecule has 132 valence electrons. The van der Waals surface area contributed by atoms with Gasteiger partial charge in [0.1, 0.15) is 6.10 Å². The molecule has 6 heteroatoms. The molecule has 3 heterocycles. The minimum absolute atomic E-state index is 0.0329. The monoisotopic (exact) mass is 351 g/mol. The highest BCUT2D eigenvalue weighted by Gasteiger charge is 2.64. The molecule has 24 heavy (non-hydrogen) atoms. The molecule has 5 atom stereocenters. The first-order valence-electron chi connectivity index (χ1n) is 8.54. The number of nitrogens with one attached hydrogen (secondary N) is 1. The Hall–Kier alpha value is -0.630. The summed E-state index contributed by atoms with van der Waals surface area (Å²) in [5, 5.41) is 14.1. The first kappa shape index (κ1) is 16.8. The highest BCUT2D eigenvalue weighted by atomic mass is 32.2. The van der Waals surface area contributed by atoms with Crippen molar-refractivity contribution in [3.05, 3.63) is 35.9 Å². The predicted octanol–water partition coefficient (Wildman–Crippen LogP) is 1.89. The Labute approximate surface area is 147 Å². The van der Waals surface area contributed by atoms with Crippen molar-refractivity contribution in [2.24, 2.45) is 0 Å². The summed E-state index contributed by atoms with van der Waals surface area (Å²) in [5.41, 5.74) is 0.774. The molecule has 1 aromatic carbocycles. The van der Waals surface area contributed by atoms with Crippen molar-refractivity contribution >= 4 is 11.8 Å². The fourth-order valence-corrected chi connectivity index (χ4v) is 5.10. The Morgan fingerprint density at radius 3 is 2.79 bits per heavy atom. The molecule has 0 spiro atoms. The topological polar surface area (TPSA) is 60.0 Å². The van der Waals surface area contributed by atoms with E-state index in [4.69, 9.17) is 14.2 Å². The third-order valence-electron chi connectivity index (χ3n) is 5.06. The van der Waals surface area contributed by atoms with Crippen LogP contribution in [0.4, 0.5) is 0 Å². The van der Waals surface area contributed by atoms with E-state index in [-0.39, 0.29) is 24.6 Å². The number of ether oxygens (including phenoxy) is 3. The van der Waals surface area contributed by atoms with Crippen LogP contribution in [-0.4, -0.2) is 52.5 Å². The van der Waals surface area contributed by atoms with Crippen LogP contribution in [0.1, 0.15) is 25.8 Å². The fourth-order valence-electron chi connectivity index (χ4n) is 3.99. The zero-order valence-corrected chi connectivity index (χ0v) is 14.9. The van der Waals surface area contributed by atoms with E-state index in [0.717, 1.165) is 11.5 Å². The van der Waals surface area contributed by atoms with Crippen LogP contribution in [0.2, 0.25) is 0 Å². The van der Waals surface area contributed by atoms with Gasteiger partial charge in [0.2, 0.25) is 0 Å². The van der Waals surface area contributed by atoms with Gasteiger partial charge in [-0.15, -0.1) is 0 Å². The molecule has 0 radical (unpaired) electrons. The van der Waals surface area contributed by atoms with Crippen molar-refractivity contribution < 1.29 is 19.3 Å². The van der Waals surface area contributed by atoms with Gasteiger partial charge >= 0.3 is 0 Å². The molecule has 0 amide bonds. The molecule has 3 saturated heterocycles. The third-order valence-corrected chi connectivity index (χ3v) is 6.21. The molecular weight excluding hydrogens is 326 g/mol. The Kier molecular flexibility index (Phi) is 4.39. The smallest absolute Gasteiger partial charge is 0.189 e. The van der Waals surface area contributed by atoms with E-state index in [0.29, 0.717) is 13.0 Å². The van der Waals surface area contributed by atoms with Crippen molar-refractivity contribution in [1.29, 1.82) is 0 Å². The Morgan fingerprint density at radius 2 is 2.00 bits per heavy atom. The van der Waals surface area contributed by atoms with Crippen molar-refractivity contribution in [2.45, 2.75) is 62.7 Å². The van der Waals surface area contributed by atoms with Crippen LogP contribution in [0, 0.1) is 0 Å². The van der Waals surface area contributed by atoms with Gasteiger partial charge in [-0.1, -0.05) is 30.3 Å². The van der Waals surface area contributed by atoms with Gasteiger partial charge in [0.25, 0.3) is 0 Å². The summed E-state index contributed by atoms with van der Waals surface area (Å²) in [5.74, 6) is 0.904. The summed E-state index contributed by atoms with van der Waals surface area (Å²) in [6.45, 7) is 4.54. The summed E-state index contributed by atoms with van der Waals surface area (Å²) in [6, 6.07) is 10.3. The number of fused-ring (bicyclic) bond motifs is 3. The highest BCUT2D eigenvalue weighted by molar-refractivity contribution is 7.99. The molecule has 0 bridgehead atoms. The van der Waals surface area contributed by atoms with Gasteiger partial charge in [0.05, 0.1) is 17.7 Å². The molecule has 3 fully saturated rings. The lowest BCUT2D eigenvalue weighted by Gasteiger charge is -2.39. The maximum atomic E-state index is 10.4. The van der Waals surface area contributed by atoms with E-state index in [9.17, 15) is 5.11 Å². The second-order valence-corrected chi connectivity index (χ2v) is 8.40. The number of hydrogen-bond donors (Lipinski definition) is 2. The van der Waals surface area contributed by atoms with E-state index in [1.54, 1.807) is 11.8 Å². The predicted molar refractivity (Wildman–Crippen MR) is 92.7 cm³/mol. The van der Waals surface area contributed by atoms with Gasteiger partial charge in [-0.25, -0.2) is 0 Å². The van der Waals surface area contributed by atoms with Gasteiger partial charge in [-0.2, -0.15) is 11.8 Å². The average molecular weight is 351 g/mol. The lowest BCUT2D eigenvalue weighted by atomic mass is 9.83. The summed E-state index contributed by atoms with van der Waals surface area (Å²) in [4.78, 5) is 0. The molecular formula is C18H25NO4S. The highest BCUT2D eigenvalue weighted by Crippen LogP contribution is 2.47. The molecule has 0 aromatic heterocycles. The molecule has 1 aromatic rings. The number of hydrogen-bond acceptors (Lipinski definition) is 6. The lowest BCUT2D eigenvalue weighted by molar-refractivity contribution is -0.211. The first-order chi connectivity index (χ1) is 11.5. The Morgan fingerprint density at radius 1 is 1.21 bits per heavy atom. The van der Waals surface area contributed by atoms with Crippen molar-refractivity contribution in [2.75, 3.05) is 11.5 Å². The molecule has 4 rings (SSSR count). The van der Waals surface area contributed by atoms with Crippen LogP contribution in [0.5, 0.6) is 0 Å². The van der Waals surface area contributed by atoms with Crippen molar-refractivity contribution in [3.63, 3.8) is 0 Å². The molecule has 0 aliphatic carbocycles. The van der Waals surface area contributed by atoms with Crippen molar-refractivity contribution in [1.82, 2.24) is 5.32 Å². The molecule has 3 aliphatic rings. The molecule has 0 unspecified atom stereocenters. The van der Waals surface area contributed by atoms with Crippen LogP contribution in [0.15, 0.2) is 30.3 Å². The molecule has 2 N–H and O–H groups in total. The van der Waals surface area contributed by atoms with E-state index in [2.05, 4.69) is 17.4 Å². The van der Waals surface area contributed by atoms with Gasteiger partial charge in [-0.3, -0.25) is 0 Å². The second kappa shape index (κ2) is 6.27. The van der Waals surface area contributed by atoms with Crippen LogP contribution in [-0.2, 0) is 20.8 Å². The number of rotatable bonds is 3. The minimum Gasteiger partial charge on any atom is -0.392 e. The zero-order valence-electron chi connectivity index (χ0n) is 14.1. The summed E-state index contributed by atoms with van der Waals surface area (Å²) in [7, 11) is 0. The Balaban J connectivity index is 1.62. The lowest BCUT2D eigenvalue weighted by Crippen LogP contribution is -2.60. The summed E-state index contributed by atoms with van der Waals surface area (Å²) in [6.07, 6.45) is -0.390. The fraction of sp³-hybridized carbons (Fsp3) is 0.667. The molecule has 0 saturated carbocycles. The van der Waals surface area contributed by atoms with Crippen LogP contribution >= 0.6 is 11.8 Å². The summed E-state index contributed by atoms with van der Waals surface area (Å²) < 4.78 is 18.4. The number of thioether (sulfide) groups is 1. The van der Waals surface area contributed by atoms with Gasteiger partial charge in [0, 0.05) is 18.1 Å². The Bertz CT molecular complexity index is 584. The van der Waals surface area contributed by atoms with E-state index in [1.165, 1.54) is 5.56 Å². The van der Waals surface area contributed by atoms with Gasteiger partial charge in [0.15, 0.2) is 12.1 Å². The quantitative estimate of drug-likeness (QED) is 0.867. The third kappa shape index (κ3) is 3.00. The van der Waals surface area contributed by atoms with E-state index < -0.39 is 11.3 Å². The summed E-state index contributed by atoms with van der Waals surface area (Å²) >= 11 is 1.73. The minimum atomic E-state index is -0.661. The largest absolute Gasteiger partial charge is 0.392 e. The maximum absolute atomic E-state index is 10.4. The average Bonchev–Trinajstić information content (AvgIpc) is 2.91. The standard InChI is InChI=1S/C18H25NO4S/c1-17(2)22-15-16(23-17)21-14-11-24-10-13(20)8-18(14,15)19-9-12-6-4-3-5-7-12/h3-7,13-16,19-20H,8-11H2,1-2H3/t13-,14+,15-,16+,18+/m0/s1. The van der Waals surface area contributed by atoms with Crippen LogP contribution < -0.4 is 5.32 Å². The maximum Gasteiger partial charge on any atom is 0.189 e. The number of aliphatic hydroxyl groups is 1. The van der Waals surface area contributed by atoms with Crippen molar-refractivity contribution in [3.8, 4) is 0 Å². The SMILES string of the molecule is CC1(C)O[C@H]2O[C@@H]3CSC[C@@H](O)C[C@]3(NCc3ccccc3)[C@H]2O1. The van der Waals surface area contributed by atoms with Crippen LogP contribution in [0.25, 0.3) is 0 Å². The molecule has 3 aliphatic heterocycles. The second-order valence-electron chi connectivity index (χ2n) is 7.32. The van der Waals surface area contributed by atoms with Gasteiger partial charge in [-0.05, 0) is 25.8 Å². The molecule has 5 nitrogen and oxygen atoms in total.